The van der Waals surface area contributed by atoms with Gasteiger partial charge in [-0.1, -0.05) is 13.8 Å². The van der Waals surface area contributed by atoms with E-state index in [4.69, 9.17) is 0 Å². The normalized spacial score (nSPS) is 19.6. The first-order valence-electron chi connectivity index (χ1n) is 6.43. The molecule has 1 aromatic carbocycles. The fourth-order valence-electron chi connectivity index (χ4n) is 2.29. The zero-order valence-electron chi connectivity index (χ0n) is 11.5. The number of rotatable bonds is 6. The number of benzene rings is 1. The van der Waals surface area contributed by atoms with Crippen LogP contribution in [0.1, 0.15) is 25.8 Å². The van der Waals surface area contributed by atoms with E-state index in [0.717, 1.165) is 19.0 Å². The first-order valence-corrected chi connectivity index (χ1v) is 6.43. The zero-order chi connectivity index (χ0) is 14.9. The van der Waals surface area contributed by atoms with Gasteiger partial charge in [0.05, 0.1) is 15.9 Å². The summed E-state index contributed by atoms with van der Waals surface area (Å²) >= 11 is 0. The maximum absolute atomic E-state index is 11.0. The molecule has 2 rings (SSSR count). The van der Waals surface area contributed by atoms with Crippen LogP contribution >= 0.6 is 0 Å². The van der Waals surface area contributed by atoms with Gasteiger partial charge in [0.25, 0.3) is 11.4 Å². The molecule has 1 fully saturated rings. The quantitative estimate of drug-likeness (QED) is 0.637. The molecule has 108 valence electrons. The third-order valence-corrected chi connectivity index (χ3v) is 3.90. The smallest absolute Gasteiger partial charge is 0.280 e. The highest BCUT2D eigenvalue weighted by molar-refractivity contribution is 5.49. The number of nitro benzene ring substituents is 2. The van der Waals surface area contributed by atoms with Gasteiger partial charge in [0.1, 0.15) is 0 Å². The van der Waals surface area contributed by atoms with Gasteiger partial charge in [-0.3, -0.25) is 20.2 Å². The fourth-order valence-corrected chi connectivity index (χ4v) is 2.29. The van der Waals surface area contributed by atoms with Crippen LogP contribution in [0.5, 0.6) is 0 Å². The molecular formula is C13H17N3O4. The summed E-state index contributed by atoms with van der Waals surface area (Å²) in [4.78, 5) is 20.4. The van der Waals surface area contributed by atoms with Gasteiger partial charge in [0.2, 0.25) is 0 Å². The number of non-ortho nitro benzene ring substituents is 1. The first kappa shape index (κ1) is 14.4. The highest BCUT2D eigenvalue weighted by Gasteiger charge is 2.44. The van der Waals surface area contributed by atoms with Crippen molar-refractivity contribution in [1.29, 1.82) is 0 Å². The maximum Gasteiger partial charge on any atom is 0.280 e. The summed E-state index contributed by atoms with van der Waals surface area (Å²) in [5, 5.41) is 24.8. The first-order chi connectivity index (χ1) is 9.31. The molecule has 1 aromatic rings. The van der Waals surface area contributed by atoms with E-state index in [1.165, 1.54) is 12.1 Å². The zero-order valence-corrected chi connectivity index (χ0v) is 11.5. The molecule has 7 heteroatoms. The second-order valence-corrected chi connectivity index (χ2v) is 5.85. The fraction of sp³-hybridized carbons (Fsp3) is 0.538. The number of nitro groups is 2. The van der Waals surface area contributed by atoms with Gasteiger partial charge in [0.15, 0.2) is 0 Å². The van der Waals surface area contributed by atoms with Crippen molar-refractivity contribution in [1.82, 2.24) is 5.32 Å². The minimum Gasteiger partial charge on any atom is -0.312 e. The van der Waals surface area contributed by atoms with Crippen LogP contribution in [-0.2, 0) is 6.54 Å². The number of hydrogen-bond donors (Lipinski definition) is 1. The van der Waals surface area contributed by atoms with Crippen molar-refractivity contribution >= 4 is 11.4 Å². The Morgan fingerprint density at radius 3 is 2.45 bits per heavy atom. The van der Waals surface area contributed by atoms with Crippen molar-refractivity contribution in [2.45, 2.75) is 26.8 Å². The Bertz CT molecular complexity index is 557. The molecular weight excluding hydrogens is 262 g/mol. The van der Waals surface area contributed by atoms with E-state index in [0.29, 0.717) is 23.4 Å². The topological polar surface area (TPSA) is 98.3 Å². The van der Waals surface area contributed by atoms with Crippen LogP contribution in [0.4, 0.5) is 11.4 Å². The Morgan fingerprint density at radius 1 is 1.30 bits per heavy atom. The monoisotopic (exact) mass is 279 g/mol. The summed E-state index contributed by atoms with van der Waals surface area (Å²) in [6.07, 6.45) is 1.16. The Kier molecular flexibility index (Phi) is 3.71. The number of hydrogen-bond acceptors (Lipinski definition) is 5. The van der Waals surface area contributed by atoms with E-state index in [1.54, 1.807) is 0 Å². The SMILES string of the molecule is CC1(C)CC1CNCc1ccc([N+](=O)[O-])cc1[N+](=O)[O-]. The Labute approximate surface area is 116 Å². The molecule has 1 unspecified atom stereocenters. The molecule has 0 radical (unpaired) electrons. The van der Waals surface area contributed by atoms with Crippen LogP contribution in [-0.4, -0.2) is 16.4 Å². The van der Waals surface area contributed by atoms with Gasteiger partial charge in [-0.05, 0) is 30.4 Å². The lowest BCUT2D eigenvalue weighted by atomic mass is 10.1. The van der Waals surface area contributed by atoms with Gasteiger partial charge in [0, 0.05) is 18.2 Å². The minimum absolute atomic E-state index is 0.207. The summed E-state index contributed by atoms with van der Waals surface area (Å²) in [6, 6.07) is 3.75. The number of nitrogens with zero attached hydrogens (tertiary/aromatic N) is 2. The van der Waals surface area contributed by atoms with Gasteiger partial charge < -0.3 is 5.32 Å². The van der Waals surface area contributed by atoms with E-state index in [-0.39, 0.29) is 11.4 Å². The molecule has 0 aromatic heterocycles. The van der Waals surface area contributed by atoms with Crippen LogP contribution in [0.2, 0.25) is 0 Å². The summed E-state index contributed by atoms with van der Waals surface area (Å²) < 4.78 is 0. The molecule has 0 bridgehead atoms. The maximum atomic E-state index is 11.0. The lowest BCUT2D eigenvalue weighted by Gasteiger charge is -2.07. The molecule has 0 aliphatic heterocycles. The van der Waals surface area contributed by atoms with E-state index < -0.39 is 9.85 Å². The molecule has 20 heavy (non-hydrogen) atoms. The Morgan fingerprint density at radius 2 is 1.95 bits per heavy atom. The van der Waals surface area contributed by atoms with Crippen molar-refractivity contribution in [3.63, 3.8) is 0 Å². The van der Waals surface area contributed by atoms with Crippen LogP contribution in [0.15, 0.2) is 18.2 Å². The van der Waals surface area contributed by atoms with E-state index >= 15 is 0 Å². The van der Waals surface area contributed by atoms with Crippen molar-refractivity contribution < 1.29 is 9.85 Å². The predicted molar refractivity (Wildman–Crippen MR) is 73.3 cm³/mol. The summed E-state index contributed by atoms with van der Waals surface area (Å²) in [6.45, 7) is 5.53. The Balaban J connectivity index is 2.03. The molecule has 1 N–H and O–H groups in total. The largest absolute Gasteiger partial charge is 0.312 e. The van der Waals surface area contributed by atoms with E-state index in [9.17, 15) is 20.2 Å². The second-order valence-electron chi connectivity index (χ2n) is 5.85. The minimum atomic E-state index is -0.628. The van der Waals surface area contributed by atoms with Gasteiger partial charge in [-0.25, -0.2) is 0 Å². The molecule has 0 heterocycles. The highest BCUT2D eigenvalue weighted by Crippen LogP contribution is 2.51. The molecule has 0 spiro atoms. The Hall–Kier alpha value is -2.02. The third-order valence-electron chi connectivity index (χ3n) is 3.90. The van der Waals surface area contributed by atoms with Crippen LogP contribution in [0.3, 0.4) is 0 Å². The summed E-state index contributed by atoms with van der Waals surface area (Å²) in [5.41, 5.74) is 0.360. The molecule has 0 amide bonds. The average Bonchev–Trinajstić information content (AvgIpc) is 2.96. The lowest BCUT2D eigenvalue weighted by Crippen LogP contribution is -2.18. The third kappa shape index (κ3) is 3.11. The standard InChI is InChI=1S/C13H17N3O4/c1-13(2)6-10(13)8-14-7-9-3-4-11(15(17)18)5-12(9)16(19)20/h3-5,10,14H,6-8H2,1-2H3. The molecule has 1 saturated carbocycles. The van der Waals surface area contributed by atoms with Gasteiger partial charge in [-0.2, -0.15) is 0 Å². The van der Waals surface area contributed by atoms with E-state index in [1.807, 2.05) is 0 Å². The van der Waals surface area contributed by atoms with Crippen LogP contribution in [0.25, 0.3) is 0 Å². The van der Waals surface area contributed by atoms with Crippen LogP contribution < -0.4 is 5.32 Å². The van der Waals surface area contributed by atoms with E-state index in [2.05, 4.69) is 19.2 Å². The average molecular weight is 279 g/mol. The molecule has 1 aliphatic carbocycles. The van der Waals surface area contributed by atoms with Crippen molar-refractivity contribution in [2.75, 3.05) is 6.54 Å². The molecule has 1 atom stereocenters. The van der Waals surface area contributed by atoms with Crippen LogP contribution in [0, 0.1) is 31.6 Å². The highest BCUT2D eigenvalue weighted by atomic mass is 16.6. The van der Waals surface area contributed by atoms with Crippen molar-refractivity contribution in [2.24, 2.45) is 11.3 Å². The molecule has 1 aliphatic rings. The van der Waals surface area contributed by atoms with Gasteiger partial charge >= 0.3 is 0 Å². The summed E-state index contributed by atoms with van der Waals surface area (Å²) in [5.74, 6) is 0.597. The van der Waals surface area contributed by atoms with Crippen molar-refractivity contribution in [3.05, 3.63) is 44.0 Å². The molecule has 0 saturated heterocycles. The molecule has 7 nitrogen and oxygen atoms in total. The lowest BCUT2D eigenvalue weighted by molar-refractivity contribution is -0.394. The second kappa shape index (κ2) is 5.16. The summed E-state index contributed by atoms with van der Waals surface area (Å²) in [7, 11) is 0. The predicted octanol–water partition coefficient (Wildman–Crippen LogP) is 2.64. The number of nitrogens with one attached hydrogen (secondary N) is 1. The van der Waals surface area contributed by atoms with Crippen molar-refractivity contribution in [3.8, 4) is 0 Å². The van der Waals surface area contributed by atoms with Gasteiger partial charge in [-0.15, -0.1) is 0 Å².